The summed E-state index contributed by atoms with van der Waals surface area (Å²) in [5.41, 5.74) is 3.54. The van der Waals surface area contributed by atoms with Gasteiger partial charge in [-0.25, -0.2) is 8.42 Å². The Balaban J connectivity index is 1.76. The summed E-state index contributed by atoms with van der Waals surface area (Å²) < 4.78 is 31.9. The Labute approximate surface area is 178 Å². The van der Waals surface area contributed by atoms with E-state index in [0.717, 1.165) is 6.07 Å². The van der Waals surface area contributed by atoms with Crippen LogP contribution in [0.1, 0.15) is 12.5 Å². The van der Waals surface area contributed by atoms with Gasteiger partial charge in [-0.3, -0.25) is 20.3 Å². The normalized spacial score (nSPS) is 15.0. The highest BCUT2D eigenvalue weighted by Crippen LogP contribution is 2.29. The minimum atomic E-state index is -3.86. The third-order valence-electron chi connectivity index (χ3n) is 4.40. The van der Waals surface area contributed by atoms with Crippen LogP contribution in [-0.2, 0) is 19.6 Å². The molecule has 0 atom stereocenters. The zero-order valence-corrected chi connectivity index (χ0v) is 17.5. The summed E-state index contributed by atoms with van der Waals surface area (Å²) in [6, 6.07) is 10.4. The smallest absolute Gasteiger partial charge is 0.295 e. The second-order valence-corrected chi connectivity index (χ2v) is 8.56. The van der Waals surface area contributed by atoms with Crippen molar-refractivity contribution in [3.8, 4) is 0 Å². The molecule has 0 spiro atoms. The van der Waals surface area contributed by atoms with Gasteiger partial charge in [-0.2, -0.15) is 9.41 Å². The van der Waals surface area contributed by atoms with Gasteiger partial charge in [-0.05, 0) is 29.8 Å². The molecule has 0 bridgehead atoms. The van der Waals surface area contributed by atoms with Crippen molar-refractivity contribution in [2.45, 2.75) is 11.8 Å². The fourth-order valence-corrected chi connectivity index (χ4v) is 4.31. The monoisotopic (exact) mass is 447 g/mol. The number of nitrogens with one attached hydrogen (secondary N) is 2. The highest BCUT2D eigenvalue weighted by atomic mass is 32.2. The lowest BCUT2D eigenvalue weighted by atomic mass is 10.2. The summed E-state index contributed by atoms with van der Waals surface area (Å²) in [5, 5.41) is 18.1. The van der Waals surface area contributed by atoms with E-state index in [0.29, 0.717) is 11.3 Å². The molecule has 1 fully saturated rings. The molecule has 0 aromatic heterocycles. The minimum absolute atomic E-state index is 0.0528. The maximum Gasteiger partial charge on any atom is 0.295 e. The summed E-state index contributed by atoms with van der Waals surface area (Å²) >= 11 is 0. The molecule has 2 aromatic rings. The van der Waals surface area contributed by atoms with Crippen LogP contribution >= 0.6 is 0 Å². The van der Waals surface area contributed by atoms with Crippen molar-refractivity contribution in [3.63, 3.8) is 0 Å². The Morgan fingerprint density at radius 2 is 1.87 bits per heavy atom. The zero-order chi connectivity index (χ0) is 22.4. The number of nitrogens with zero attached hydrogens (tertiary/aromatic N) is 3. The van der Waals surface area contributed by atoms with E-state index in [4.69, 9.17) is 4.74 Å². The number of morpholine rings is 1. The Bertz CT molecular complexity index is 1100. The number of hydrazone groups is 1. The number of anilines is 2. The molecule has 12 heteroatoms. The number of amides is 1. The van der Waals surface area contributed by atoms with E-state index in [9.17, 15) is 23.3 Å². The molecule has 1 aliphatic rings. The topological polar surface area (TPSA) is 143 Å². The fraction of sp³-hybridized carbons (Fsp3) is 0.263. The standard InChI is InChI=1S/C19H21N5O6S/c1-14(25)21-16-4-2-15(3-5-16)13-20-22-18-7-6-17(12-19(18)24(26)27)31(28,29)23-8-10-30-11-9-23/h2-7,12-13,22H,8-11H2,1H3,(H,21,25)/b20-13-. The van der Waals surface area contributed by atoms with Crippen molar-refractivity contribution in [3.05, 3.63) is 58.1 Å². The first kappa shape index (κ1) is 22.3. The molecule has 2 N–H and O–H groups in total. The van der Waals surface area contributed by atoms with Crippen molar-refractivity contribution in [1.82, 2.24) is 4.31 Å². The molecule has 0 unspecified atom stereocenters. The number of carbonyl (C=O) groups is 1. The van der Waals surface area contributed by atoms with Gasteiger partial charge in [0.25, 0.3) is 5.69 Å². The molecule has 0 radical (unpaired) electrons. The van der Waals surface area contributed by atoms with Crippen LogP contribution in [0.25, 0.3) is 0 Å². The highest BCUT2D eigenvalue weighted by Gasteiger charge is 2.28. The highest BCUT2D eigenvalue weighted by molar-refractivity contribution is 7.89. The largest absolute Gasteiger partial charge is 0.379 e. The molecule has 1 amide bonds. The molecule has 0 saturated carbocycles. The van der Waals surface area contributed by atoms with Crippen LogP contribution in [0.15, 0.2) is 52.5 Å². The lowest BCUT2D eigenvalue weighted by Crippen LogP contribution is -2.40. The van der Waals surface area contributed by atoms with Gasteiger partial charge >= 0.3 is 0 Å². The molecule has 1 aliphatic heterocycles. The van der Waals surface area contributed by atoms with Gasteiger partial charge in [-0.15, -0.1) is 0 Å². The predicted octanol–water partition coefficient (Wildman–Crippen LogP) is 2.02. The first-order valence-electron chi connectivity index (χ1n) is 9.30. The first-order chi connectivity index (χ1) is 14.8. The van der Waals surface area contributed by atoms with Gasteiger partial charge in [0.1, 0.15) is 5.69 Å². The number of rotatable bonds is 7. The van der Waals surface area contributed by atoms with E-state index in [2.05, 4.69) is 15.8 Å². The van der Waals surface area contributed by atoms with Gasteiger partial charge in [0, 0.05) is 31.8 Å². The SMILES string of the molecule is CC(=O)Nc1ccc(/C=N\Nc2ccc(S(=O)(=O)N3CCOCC3)cc2[N+](=O)[O-])cc1. The maximum absolute atomic E-state index is 12.7. The number of hydrogen-bond donors (Lipinski definition) is 2. The lowest BCUT2D eigenvalue weighted by Gasteiger charge is -2.26. The average molecular weight is 447 g/mol. The van der Waals surface area contributed by atoms with E-state index in [1.165, 1.54) is 29.6 Å². The van der Waals surface area contributed by atoms with E-state index in [1.54, 1.807) is 24.3 Å². The van der Waals surface area contributed by atoms with Gasteiger partial charge in [0.2, 0.25) is 15.9 Å². The molecule has 1 saturated heterocycles. The molecule has 2 aromatic carbocycles. The summed E-state index contributed by atoms with van der Waals surface area (Å²) in [7, 11) is -3.86. The molecule has 31 heavy (non-hydrogen) atoms. The van der Waals surface area contributed by atoms with E-state index >= 15 is 0 Å². The second kappa shape index (κ2) is 9.64. The Morgan fingerprint density at radius 1 is 1.19 bits per heavy atom. The Hall–Kier alpha value is -3.35. The molecular weight excluding hydrogens is 426 g/mol. The van der Waals surface area contributed by atoms with Crippen LogP contribution in [-0.4, -0.2) is 56.1 Å². The number of carbonyl (C=O) groups excluding carboxylic acids is 1. The summed E-state index contributed by atoms with van der Waals surface area (Å²) in [5.74, 6) is -0.186. The number of nitro groups is 1. The van der Waals surface area contributed by atoms with Crippen molar-refractivity contribution < 1.29 is 22.9 Å². The van der Waals surface area contributed by atoms with Gasteiger partial charge < -0.3 is 10.1 Å². The van der Waals surface area contributed by atoms with Crippen LogP contribution in [0.5, 0.6) is 0 Å². The van der Waals surface area contributed by atoms with Crippen LogP contribution in [0.3, 0.4) is 0 Å². The molecule has 0 aliphatic carbocycles. The second-order valence-electron chi connectivity index (χ2n) is 6.63. The van der Waals surface area contributed by atoms with E-state index < -0.39 is 20.6 Å². The van der Waals surface area contributed by atoms with Crippen molar-refractivity contribution in [2.24, 2.45) is 5.10 Å². The summed E-state index contributed by atoms with van der Waals surface area (Å²) in [6.07, 6.45) is 1.44. The van der Waals surface area contributed by atoms with Gasteiger partial charge in [0.05, 0.1) is 29.2 Å². The van der Waals surface area contributed by atoms with Gasteiger partial charge in [0.15, 0.2) is 0 Å². The number of ether oxygens (including phenoxy) is 1. The van der Waals surface area contributed by atoms with E-state index in [-0.39, 0.29) is 42.8 Å². The minimum Gasteiger partial charge on any atom is -0.379 e. The van der Waals surface area contributed by atoms with Crippen LogP contribution in [0, 0.1) is 10.1 Å². The molecule has 3 rings (SSSR count). The maximum atomic E-state index is 12.7. The fourth-order valence-electron chi connectivity index (χ4n) is 2.89. The third-order valence-corrected chi connectivity index (χ3v) is 6.30. The van der Waals surface area contributed by atoms with Crippen molar-refractivity contribution >= 4 is 39.2 Å². The third kappa shape index (κ3) is 5.63. The first-order valence-corrected chi connectivity index (χ1v) is 10.7. The molecule has 164 valence electrons. The quantitative estimate of drug-likeness (QED) is 0.375. The molecule has 11 nitrogen and oxygen atoms in total. The number of nitro benzene ring substituents is 1. The predicted molar refractivity (Wildman–Crippen MR) is 115 cm³/mol. The van der Waals surface area contributed by atoms with E-state index in [1.807, 2.05) is 0 Å². The van der Waals surface area contributed by atoms with Gasteiger partial charge in [-0.1, -0.05) is 12.1 Å². The Kier molecular flexibility index (Phi) is 6.95. The summed E-state index contributed by atoms with van der Waals surface area (Å²) in [6.45, 7) is 2.36. The number of hydrogen-bond acceptors (Lipinski definition) is 8. The lowest BCUT2D eigenvalue weighted by molar-refractivity contribution is -0.384. The van der Waals surface area contributed by atoms with Crippen molar-refractivity contribution in [1.29, 1.82) is 0 Å². The van der Waals surface area contributed by atoms with Crippen LogP contribution in [0.4, 0.5) is 17.1 Å². The van der Waals surface area contributed by atoms with Crippen molar-refractivity contribution in [2.75, 3.05) is 37.0 Å². The molecule has 1 heterocycles. The number of benzene rings is 2. The van der Waals surface area contributed by atoms with Crippen LogP contribution in [0.2, 0.25) is 0 Å². The molecular formula is C19H21N5O6S. The average Bonchev–Trinajstić information content (AvgIpc) is 2.75. The number of sulfonamides is 1. The Morgan fingerprint density at radius 3 is 2.48 bits per heavy atom. The summed E-state index contributed by atoms with van der Waals surface area (Å²) in [4.78, 5) is 21.7. The van der Waals surface area contributed by atoms with Crippen LogP contribution < -0.4 is 10.7 Å². The zero-order valence-electron chi connectivity index (χ0n) is 16.6.